The highest BCUT2D eigenvalue weighted by atomic mass is 35.5. The van der Waals surface area contributed by atoms with Crippen LogP contribution in [-0.4, -0.2) is 80.8 Å². The molecule has 0 bridgehead atoms. The van der Waals surface area contributed by atoms with Crippen molar-refractivity contribution in [1.29, 1.82) is 0 Å². The molecule has 16 nitrogen and oxygen atoms in total. The van der Waals surface area contributed by atoms with Gasteiger partial charge in [-0.15, -0.1) is 0 Å². The third kappa shape index (κ3) is 11.7. The summed E-state index contributed by atoms with van der Waals surface area (Å²) in [6.07, 6.45) is 6.03. The summed E-state index contributed by atoms with van der Waals surface area (Å²) >= 11 is 38.3. The van der Waals surface area contributed by atoms with Gasteiger partial charge in [0.25, 0.3) is 0 Å². The fourth-order valence-corrected chi connectivity index (χ4v) is 11.9. The first-order chi connectivity index (χ1) is 39.6. The van der Waals surface area contributed by atoms with Gasteiger partial charge in [0.15, 0.2) is 23.3 Å². The van der Waals surface area contributed by atoms with Crippen molar-refractivity contribution in [3.8, 4) is 34.0 Å². The minimum Gasteiger partial charge on any atom is -0.489 e. The van der Waals surface area contributed by atoms with E-state index in [0.29, 0.717) is 67.8 Å². The number of benzene rings is 4. The number of hydrogen-bond acceptors (Lipinski definition) is 15. The number of aromatic carboxylic acids is 1. The number of hydrogen-bond donors (Lipinski definition) is 3. The lowest BCUT2D eigenvalue weighted by Crippen LogP contribution is -2.60. The quantitative estimate of drug-likeness (QED) is 0.0607. The number of pyridine rings is 2. The van der Waals surface area contributed by atoms with Crippen molar-refractivity contribution in [3.05, 3.63) is 183 Å². The molecule has 4 aromatic carbocycles. The van der Waals surface area contributed by atoms with Crippen LogP contribution in [0.4, 0.5) is 29.2 Å². The van der Waals surface area contributed by atoms with Crippen molar-refractivity contribution in [1.82, 2.24) is 20.3 Å². The van der Waals surface area contributed by atoms with Crippen molar-refractivity contribution in [2.75, 3.05) is 43.1 Å². The Balaban J connectivity index is 0.000000174. The fraction of sp³-hybridized carbons (Fsp3) is 0.263. The lowest BCUT2D eigenvalue weighted by atomic mass is 9.86. The fourth-order valence-electron chi connectivity index (χ4n) is 9.91. The van der Waals surface area contributed by atoms with E-state index in [1.165, 1.54) is 23.1 Å². The van der Waals surface area contributed by atoms with Crippen molar-refractivity contribution in [2.45, 2.75) is 61.9 Å². The lowest BCUT2D eigenvalue weighted by molar-refractivity contribution is 0.00633. The van der Waals surface area contributed by atoms with Crippen LogP contribution in [0.15, 0.2) is 94.2 Å². The average Bonchev–Trinajstić information content (AvgIpc) is 3.16. The first-order valence-electron chi connectivity index (χ1n) is 25.3. The monoisotopic (exact) mass is 1260 g/mol. The minimum absolute atomic E-state index is 0.000702. The molecule has 2 saturated heterocycles. The van der Waals surface area contributed by atoms with Gasteiger partial charge in [-0.2, -0.15) is 0 Å². The summed E-state index contributed by atoms with van der Waals surface area (Å²) in [6.45, 7) is 0.147. The Kier molecular flexibility index (Phi) is 16.0. The summed E-state index contributed by atoms with van der Waals surface area (Å²) in [6, 6.07) is 16.2. The predicted molar refractivity (Wildman–Crippen MR) is 298 cm³/mol. The number of esters is 1. The van der Waals surface area contributed by atoms with Crippen LogP contribution in [-0.2, 0) is 29.2 Å². The van der Waals surface area contributed by atoms with Crippen LogP contribution in [0.3, 0.4) is 0 Å². The van der Waals surface area contributed by atoms with Gasteiger partial charge in [-0.1, -0.05) is 92.1 Å². The van der Waals surface area contributed by atoms with E-state index in [1.807, 2.05) is 0 Å². The highest BCUT2D eigenvalue weighted by Gasteiger charge is 2.47. The van der Waals surface area contributed by atoms with Crippen molar-refractivity contribution in [3.63, 3.8) is 0 Å². The smallest absolute Gasteiger partial charge is 0.339 e. The molecule has 26 heteroatoms. The van der Waals surface area contributed by atoms with Crippen LogP contribution in [0.25, 0.3) is 22.5 Å². The predicted octanol–water partition coefficient (Wildman–Crippen LogP) is 13.8. The number of anilines is 2. The summed E-state index contributed by atoms with van der Waals surface area (Å²) in [5.41, 5.74) is 0.550. The molecule has 4 aliphatic rings. The van der Waals surface area contributed by atoms with Gasteiger partial charge in [-0.05, 0) is 86.3 Å². The average molecular weight is 1260 g/mol. The Morgan fingerprint density at radius 2 is 0.976 bits per heavy atom. The van der Waals surface area contributed by atoms with E-state index >= 15 is 0 Å². The normalized spacial score (nSPS) is 15.9. The maximum Gasteiger partial charge on any atom is 0.339 e. The molecule has 0 radical (unpaired) electrons. The molecule has 0 unspecified atom stereocenters. The molecule has 12 rings (SSSR count). The Bertz CT molecular complexity index is 3840. The summed E-state index contributed by atoms with van der Waals surface area (Å²) in [5, 5.41) is 40.6. The maximum absolute atomic E-state index is 14.6. The first kappa shape index (κ1) is 57.9. The van der Waals surface area contributed by atoms with E-state index in [1.54, 1.807) is 36.4 Å². The SMILES string of the molecule is COC(=O)c1cnc(N2CC(O)(c3ccc(OCc4c(-c5c(Cl)cc(F)cc5Cl)noc4C4CC4)cc3Cl)C2)c(F)c1.O=C(O)c1cnc(N2CC(O)(c3ccc(OCc4c(-c5c(Cl)cc(F)cc5Cl)noc4C4CC4)cc3Cl)C2)c(F)c1. The van der Waals surface area contributed by atoms with Crippen LogP contribution in [0.2, 0.25) is 30.1 Å². The van der Waals surface area contributed by atoms with Gasteiger partial charge < -0.3 is 48.4 Å². The molecule has 2 aliphatic heterocycles. The summed E-state index contributed by atoms with van der Waals surface area (Å²) in [4.78, 5) is 33.6. The van der Waals surface area contributed by atoms with Crippen LogP contribution >= 0.6 is 69.6 Å². The molecule has 4 fully saturated rings. The molecule has 2 aliphatic carbocycles. The molecule has 83 heavy (non-hydrogen) atoms. The van der Waals surface area contributed by atoms with Crippen LogP contribution < -0.4 is 19.3 Å². The third-order valence-electron chi connectivity index (χ3n) is 14.4. The largest absolute Gasteiger partial charge is 0.489 e. The molecule has 0 amide bonds. The Hall–Kier alpha value is -6.88. The van der Waals surface area contributed by atoms with Gasteiger partial charge in [0.2, 0.25) is 0 Å². The number of aromatic nitrogens is 4. The summed E-state index contributed by atoms with van der Waals surface area (Å²) < 4.78 is 84.5. The standard InChI is InChI=1S/C29H22Cl3F2N3O5.C28H20Cl3F2N3O5/c1-40-28(38)15-6-23(34)27(35-10-15)37-12-29(39,13-37)19-5-4-17(9-20(19)30)41-11-18-25(36-42-26(18)14-2-3-14)24-21(31)7-16(33)8-22(24)32;29-19-8-16(3-4-18(19)28(39)11-36(12-28)26-22(33)5-14(9-34-26)27(37)38)40-10-17-24(35-41-25(17)13-1-2-13)23-20(30)6-15(32)7-21(23)31/h4-10,14,39H,2-3,11-13H2,1H3;3-9,13,39H,1-2,10-12H2,(H,37,38). The second-order valence-corrected chi connectivity index (χ2v) is 22.7. The number of carbonyl (C=O) groups is 2. The minimum atomic E-state index is -1.38. The molecular weight excluding hydrogens is 1220 g/mol. The molecule has 3 N–H and O–H groups in total. The van der Waals surface area contributed by atoms with Crippen molar-refractivity contribution < 1.29 is 65.7 Å². The Labute approximate surface area is 498 Å². The number of halogens is 10. The molecule has 0 atom stereocenters. The highest BCUT2D eigenvalue weighted by Crippen LogP contribution is 2.49. The first-order valence-corrected chi connectivity index (χ1v) is 27.6. The van der Waals surface area contributed by atoms with E-state index < -0.39 is 46.4 Å². The zero-order valence-corrected chi connectivity index (χ0v) is 47.5. The number of methoxy groups -OCH3 is 1. The lowest BCUT2D eigenvalue weighted by Gasteiger charge is -2.47. The number of ether oxygens (including phenoxy) is 3. The van der Waals surface area contributed by atoms with Gasteiger partial charge in [0.1, 0.15) is 70.5 Å². The number of aliphatic hydroxyl groups is 2. The molecule has 6 heterocycles. The van der Waals surface area contributed by atoms with Gasteiger partial charge in [-0.3, -0.25) is 0 Å². The second kappa shape index (κ2) is 22.9. The highest BCUT2D eigenvalue weighted by molar-refractivity contribution is 6.40. The third-order valence-corrected chi connectivity index (χ3v) is 16.2. The second-order valence-electron chi connectivity index (χ2n) is 20.3. The molecule has 430 valence electrons. The number of carboxylic acid groups (broad SMARTS) is 1. The van der Waals surface area contributed by atoms with Crippen molar-refractivity contribution >= 4 is 93.2 Å². The zero-order valence-electron chi connectivity index (χ0n) is 43.0. The molecule has 8 aromatic rings. The van der Waals surface area contributed by atoms with E-state index in [2.05, 4.69) is 25.0 Å². The topological polar surface area (TPSA) is 207 Å². The maximum atomic E-state index is 14.6. The summed E-state index contributed by atoms with van der Waals surface area (Å²) in [7, 11) is 1.20. The Morgan fingerprint density at radius 3 is 1.33 bits per heavy atom. The molecular formula is C57H42Cl6F4N6O10. The number of rotatable bonds is 16. The van der Waals surface area contributed by atoms with E-state index in [-0.39, 0.29) is 104 Å². The number of nitrogens with zero attached hydrogens (tertiary/aromatic N) is 6. The molecule has 2 saturated carbocycles. The van der Waals surface area contributed by atoms with E-state index in [4.69, 9.17) is 93.2 Å². The van der Waals surface area contributed by atoms with E-state index in [9.17, 15) is 37.4 Å². The van der Waals surface area contributed by atoms with Gasteiger partial charge in [-0.25, -0.2) is 37.1 Å². The van der Waals surface area contributed by atoms with Crippen LogP contribution in [0.1, 0.15) is 92.0 Å². The Morgan fingerprint density at radius 1 is 0.590 bits per heavy atom. The van der Waals surface area contributed by atoms with Gasteiger partial charge in [0, 0.05) is 46.5 Å². The molecule has 0 spiro atoms. The van der Waals surface area contributed by atoms with E-state index in [0.717, 1.165) is 68.3 Å². The molecule has 4 aromatic heterocycles. The number of β-amino-alcohol motifs (C(OH)–C–C–N with tert-alkyl or cyclic N) is 2. The van der Waals surface area contributed by atoms with Gasteiger partial charge >= 0.3 is 11.9 Å². The summed E-state index contributed by atoms with van der Waals surface area (Å²) in [5.74, 6) is -2.19. The van der Waals surface area contributed by atoms with Crippen molar-refractivity contribution in [2.24, 2.45) is 0 Å². The van der Waals surface area contributed by atoms with Gasteiger partial charge in [0.05, 0.1) is 85.7 Å². The zero-order chi connectivity index (χ0) is 58.8. The number of carboxylic acids is 1. The van der Waals surface area contributed by atoms with Crippen LogP contribution in [0.5, 0.6) is 11.5 Å². The number of carbonyl (C=O) groups excluding carboxylic acids is 1. The van der Waals surface area contributed by atoms with Crippen LogP contribution in [0, 0.1) is 23.3 Å².